The fourth-order valence-electron chi connectivity index (χ4n) is 1.87. The van der Waals surface area contributed by atoms with Crippen LogP contribution in [0.2, 0.25) is 5.02 Å². The fraction of sp³-hybridized carbons (Fsp3) is 0.0588. The molecule has 0 saturated carbocycles. The van der Waals surface area contributed by atoms with E-state index in [1.807, 2.05) is 0 Å². The Morgan fingerprint density at radius 2 is 1.77 bits per heavy atom. The molecule has 0 aliphatic carbocycles. The van der Waals surface area contributed by atoms with Gasteiger partial charge < -0.3 is 10.6 Å². The molecule has 0 heterocycles. The van der Waals surface area contributed by atoms with Crippen LogP contribution in [0.4, 0.5) is 24.5 Å². The van der Waals surface area contributed by atoms with Crippen molar-refractivity contribution in [2.75, 3.05) is 10.6 Å². The maximum absolute atomic E-state index is 12.9. The van der Waals surface area contributed by atoms with Crippen LogP contribution in [0.15, 0.2) is 58.7 Å². The van der Waals surface area contributed by atoms with Gasteiger partial charge in [0.15, 0.2) is 0 Å². The monoisotopic (exact) mass is 443 g/mol. The summed E-state index contributed by atoms with van der Waals surface area (Å²) in [7, 11) is 0. The van der Waals surface area contributed by atoms with Gasteiger partial charge in [0.25, 0.3) is 5.91 Å². The van der Waals surface area contributed by atoms with E-state index >= 15 is 0 Å². The lowest BCUT2D eigenvalue weighted by Gasteiger charge is -2.11. The van der Waals surface area contributed by atoms with Gasteiger partial charge in [-0.1, -0.05) is 27.5 Å². The highest BCUT2D eigenvalue weighted by Crippen LogP contribution is 2.36. The van der Waals surface area contributed by atoms with Gasteiger partial charge in [0.05, 0.1) is 10.6 Å². The summed E-state index contributed by atoms with van der Waals surface area (Å²) in [5.41, 5.74) is -0.889. The fourth-order valence-corrected chi connectivity index (χ4v) is 2.36. The van der Waals surface area contributed by atoms with Crippen LogP contribution in [-0.4, -0.2) is 5.91 Å². The zero-order valence-electron chi connectivity index (χ0n) is 12.9. The summed E-state index contributed by atoms with van der Waals surface area (Å²) in [6.07, 6.45) is -3.49. The van der Waals surface area contributed by atoms with E-state index in [1.165, 1.54) is 12.3 Å². The number of hydrogen-bond acceptors (Lipinski definition) is 3. The van der Waals surface area contributed by atoms with E-state index in [0.29, 0.717) is 11.8 Å². The average Bonchev–Trinajstić information content (AvgIpc) is 2.58. The van der Waals surface area contributed by atoms with Crippen LogP contribution in [-0.2, 0) is 11.0 Å². The molecule has 0 spiro atoms. The molecule has 2 N–H and O–H groups in total. The zero-order chi connectivity index (χ0) is 19.3. The largest absolute Gasteiger partial charge is 0.417 e. The molecule has 0 bridgehead atoms. The number of anilines is 2. The van der Waals surface area contributed by atoms with E-state index in [2.05, 4.69) is 26.6 Å². The number of nitriles is 1. The Morgan fingerprint density at radius 3 is 2.35 bits per heavy atom. The number of alkyl halides is 3. The highest BCUT2D eigenvalue weighted by atomic mass is 79.9. The van der Waals surface area contributed by atoms with Gasteiger partial charge in [-0.2, -0.15) is 18.4 Å². The minimum absolute atomic E-state index is 0.128. The van der Waals surface area contributed by atoms with Crippen LogP contribution in [0.25, 0.3) is 0 Å². The molecule has 9 heteroatoms. The third kappa shape index (κ3) is 5.25. The first-order chi connectivity index (χ1) is 12.2. The molecule has 0 aliphatic rings. The number of hydrogen-bond donors (Lipinski definition) is 2. The second-order valence-electron chi connectivity index (χ2n) is 4.97. The SMILES string of the molecule is N#C/C(=C/Nc1ccc(Br)cc1)C(=O)Nc1ccc(Cl)c(C(F)(F)F)c1. The van der Waals surface area contributed by atoms with Crippen LogP contribution < -0.4 is 10.6 Å². The van der Waals surface area contributed by atoms with Crippen molar-refractivity contribution in [3.05, 3.63) is 69.3 Å². The summed E-state index contributed by atoms with van der Waals surface area (Å²) < 4.78 is 39.4. The first kappa shape index (κ1) is 19.8. The third-order valence-corrected chi connectivity index (χ3v) is 3.98. The molecule has 2 aromatic rings. The molecule has 0 saturated heterocycles. The molecule has 0 unspecified atom stereocenters. The highest BCUT2D eigenvalue weighted by Gasteiger charge is 2.33. The van der Waals surface area contributed by atoms with E-state index in [-0.39, 0.29) is 11.3 Å². The average molecular weight is 445 g/mol. The van der Waals surface area contributed by atoms with Crippen LogP contribution in [0.5, 0.6) is 0 Å². The van der Waals surface area contributed by atoms with Gasteiger partial charge in [-0.25, -0.2) is 0 Å². The first-order valence-electron chi connectivity index (χ1n) is 7.01. The van der Waals surface area contributed by atoms with Crippen molar-refractivity contribution in [2.45, 2.75) is 6.18 Å². The van der Waals surface area contributed by atoms with Crippen molar-refractivity contribution in [1.82, 2.24) is 0 Å². The van der Waals surface area contributed by atoms with Gasteiger partial charge in [0, 0.05) is 22.0 Å². The number of carbonyl (C=O) groups is 1. The maximum Gasteiger partial charge on any atom is 0.417 e. The van der Waals surface area contributed by atoms with Gasteiger partial charge in [-0.3, -0.25) is 4.79 Å². The predicted octanol–water partition coefficient (Wildman–Crippen LogP) is 5.58. The summed E-state index contributed by atoms with van der Waals surface area (Å²) in [5.74, 6) is -0.854. The highest BCUT2D eigenvalue weighted by molar-refractivity contribution is 9.10. The summed E-state index contributed by atoms with van der Waals surface area (Å²) in [6.45, 7) is 0. The van der Waals surface area contributed by atoms with E-state index in [0.717, 1.165) is 10.5 Å². The first-order valence-corrected chi connectivity index (χ1v) is 8.18. The van der Waals surface area contributed by atoms with Crippen molar-refractivity contribution in [2.24, 2.45) is 0 Å². The molecule has 4 nitrogen and oxygen atoms in total. The molecule has 0 atom stereocenters. The zero-order valence-corrected chi connectivity index (χ0v) is 15.2. The van der Waals surface area contributed by atoms with Crippen LogP contribution in [0.1, 0.15) is 5.56 Å². The lowest BCUT2D eigenvalue weighted by Crippen LogP contribution is -2.15. The van der Waals surface area contributed by atoms with E-state index in [9.17, 15) is 18.0 Å². The Balaban J connectivity index is 2.15. The molecule has 0 aromatic heterocycles. The molecule has 2 rings (SSSR count). The normalized spacial score (nSPS) is 11.6. The Bertz CT molecular complexity index is 890. The van der Waals surface area contributed by atoms with Gasteiger partial charge in [0.2, 0.25) is 0 Å². The number of rotatable bonds is 4. The second-order valence-corrected chi connectivity index (χ2v) is 6.29. The molecule has 2 aromatic carbocycles. The van der Waals surface area contributed by atoms with Crippen LogP contribution in [0, 0.1) is 11.3 Å². The van der Waals surface area contributed by atoms with Gasteiger partial charge >= 0.3 is 6.18 Å². The minimum atomic E-state index is -4.66. The minimum Gasteiger partial charge on any atom is -0.360 e. The Hall–Kier alpha value is -2.50. The van der Waals surface area contributed by atoms with E-state index < -0.39 is 22.7 Å². The van der Waals surface area contributed by atoms with E-state index in [1.54, 1.807) is 30.3 Å². The summed E-state index contributed by atoms with van der Waals surface area (Å²) in [5, 5.41) is 13.6. The molecule has 134 valence electrons. The number of nitrogens with one attached hydrogen (secondary N) is 2. The lowest BCUT2D eigenvalue weighted by atomic mass is 10.2. The molecule has 0 radical (unpaired) electrons. The van der Waals surface area contributed by atoms with Crippen molar-refractivity contribution in [3.8, 4) is 6.07 Å². The Kier molecular flexibility index (Phi) is 6.29. The number of carbonyl (C=O) groups excluding carboxylic acids is 1. The quantitative estimate of drug-likeness (QED) is 0.478. The molecule has 1 amide bonds. The molecular weight excluding hydrogens is 435 g/mol. The lowest BCUT2D eigenvalue weighted by molar-refractivity contribution is -0.137. The Morgan fingerprint density at radius 1 is 1.15 bits per heavy atom. The smallest absolute Gasteiger partial charge is 0.360 e. The van der Waals surface area contributed by atoms with E-state index in [4.69, 9.17) is 16.9 Å². The predicted molar refractivity (Wildman–Crippen MR) is 96.5 cm³/mol. The van der Waals surface area contributed by atoms with Crippen LogP contribution >= 0.6 is 27.5 Å². The molecule has 0 aliphatic heterocycles. The third-order valence-electron chi connectivity index (χ3n) is 3.12. The number of amides is 1. The number of benzene rings is 2. The van der Waals surface area contributed by atoms with Gasteiger partial charge in [-0.05, 0) is 42.5 Å². The van der Waals surface area contributed by atoms with Crippen molar-refractivity contribution < 1.29 is 18.0 Å². The van der Waals surface area contributed by atoms with Crippen molar-refractivity contribution >= 4 is 44.8 Å². The van der Waals surface area contributed by atoms with Gasteiger partial charge in [0.1, 0.15) is 11.6 Å². The van der Waals surface area contributed by atoms with Gasteiger partial charge in [-0.15, -0.1) is 0 Å². The van der Waals surface area contributed by atoms with Crippen molar-refractivity contribution in [1.29, 1.82) is 5.26 Å². The summed E-state index contributed by atoms with van der Waals surface area (Å²) in [6, 6.07) is 11.6. The molecule has 26 heavy (non-hydrogen) atoms. The van der Waals surface area contributed by atoms with Crippen molar-refractivity contribution in [3.63, 3.8) is 0 Å². The standard InChI is InChI=1S/C17H10BrClF3N3O/c18-11-1-3-12(4-2-11)24-9-10(8-23)16(26)25-13-5-6-15(19)14(7-13)17(20,21)22/h1-7,9,24H,(H,25,26)/b10-9-. The molecular formula is C17H10BrClF3N3O. The second kappa shape index (κ2) is 8.25. The summed E-state index contributed by atoms with van der Waals surface area (Å²) in [4.78, 5) is 12.1. The van der Waals surface area contributed by atoms with Crippen LogP contribution in [0.3, 0.4) is 0 Å². The molecule has 0 fully saturated rings. The topological polar surface area (TPSA) is 64.9 Å². The Labute approximate surface area is 160 Å². The number of nitrogens with zero attached hydrogens (tertiary/aromatic N) is 1. The summed E-state index contributed by atoms with van der Waals surface area (Å²) >= 11 is 8.80. The maximum atomic E-state index is 12.9. The number of halogens is 5.